The van der Waals surface area contributed by atoms with Crippen molar-refractivity contribution in [2.75, 3.05) is 5.73 Å². The van der Waals surface area contributed by atoms with Crippen molar-refractivity contribution in [3.63, 3.8) is 0 Å². The molecule has 0 aliphatic carbocycles. The van der Waals surface area contributed by atoms with E-state index in [-0.39, 0.29) is 0 Å². The summed E-state index contributed by atoms with van der Waals surface area (Å²) in [7, 11) is 0. The van der Waals surface area contributed by atoms with Gasteiger partial charge in [-0.1, -0.05) is 12.1 Å². The van der Waals surface area contributed by atoms with E-state index in [0.29, 0.717) is 23.7 Å². The van der Waals surface area contributed by atoms with Crippen molar-refractivity contribution in [3.8, 4) is 0 Å². The molecule has 2 aromatic heterocycles. The van der Waals surface area contributed by atoms with E-state index in [1.165, 1.54) is 0 Å². The van der Waals surface area contributed by atoms with Crippen LogP contribution in [0.5, 0.6) is 0 Å². The number of aromatic nitrogens is 3. The summed E-state index contributed by atoms with van der Waals surface area (Å²) in [6.07, 6.45) is 1.80. The van der Waals surface area contributed by atoms with Crippen LogP contribution in [-0.2, 0) is 6.54 Å². The van der Waals surface area contributed by atoms with Gasteiger partial charge in [0.25, 0.3) is 0 Å². The van der Waals surface area contributed by atoms with Gasteiger partial charge < -0.3 is 14.7 Å². The van der Waals surface area contributed by atoms with Crippen molar-refractivity contribution in [1.82, 2.24) is 14.5 Å². The molecule has 0 fully saturated rings. The summed E-state index contributed by atoms with van der Waals surface area (Å²) in [5.74, 6) is 0.647. The summed E-state index contributed by atoms with van der Waals surface area (Å²) < 4.78 is 7.75. The summed E-state index contributed by atoms with van der Waals surface area (Å²) >= 11 is 0. The summed E-state index contributed by atoms with van der Waals surface area (Å²) in [6.45, 7) is 0.551. The first kappa shape index (κ1) is 11.0. The van der Waals surface area contributed by atoms with Gasteiger partial charge in [0.2, 0.25) is 5.89 Å². The Hall–Kier alpha value is -2.82. The van der Waals surface area contributed by atoms with Crippen LogP contribution in [0.4, 0.5) is 5.69 Å². The smallest absolute Gasteiger partial charge is 0.215 e. The molecule has 5 nitrogen and oxygen atoms in total. The quantitative estimate of drug-likeness (QED) is 0.565. The first-order valence-corrected chi connectivity index (χ1v) is 6.34. The van der Waals surface area contributed by atoms with Crippen molar-refractivity contribution in [3.05, 3.63) is 54.7 Å². The molecule has 2 aromatic carbocycles. The molecule has 0 spiro atoms. The molecule has 0 aliphatic rings. The second-order valence-corrected chi connectivity index (χ2v) is 4.70. The van der Waals surface area contributed by atoms with E-state index in [0.717, 1.165) is 16.6 Å². The molecule has 5 heteroatoms. The minimum absolute atomic E-state index is 0.551. The summed E-state index contributed by atoms with van der Waals surface area (Å²) in [4.78, 5) is 8.82. The van der Waals surface area contributed by atoms with Crippen LogP contribution in [0.25, 0.3) is 22.1 Å². The fourth-order valence-electron chi connectivity index (χ4n) is 2.34. The Morgan fingerprint density at radius 2 is 2.00 bits per heavy atom. The molecule has 0 radical (unpaired) electrons. The molecular weight excluding hydrogens is 252 g/mol. The van der Waals surface area contributed by atoms with Gasteiger partial charge in [0.05, 0.1) is 17.4 Å². The van der Waals surface area contributed by atoms with Crippen molar-refractivity contribution in [2.24, 2.45) is 0 Å². The molecule has 0 amide bonds. The van der Waals surface area contributed by atoms with E-state index in [9.17, 15) is 0 Å². The lowest BCUT2D eigenvalue weighted by atomic mass is 10.3. The Balaban J connectivity index is 1.76. The number of rotatable bonds is 2. The standard InChI is InChI=1S/C15H12N4O/c16-10-5-6-12-14(7-10)20-15(18-12)8-19-9-17-11-3-1-2-4-13(11)19/h1-7,9H,8,16H2. The van der Waals surface area contributed by atoms with Gasteiger partial charge in [-0.05, 0) is 24.3 Å². The largest absolute Gasteiger partial charge is 0.439 e. The summed E-state index contributed by atoms with van der Waals surface area (Å²) in [5, 5.41) is 0. The zero-order valence-corrected chi connectivity index (χ0v) is 10.7. The number of nitrogens with two attached hydrogens (primary N) is 1. The number of oxazole rings is 1. The minimum Gasteiger partial charge on any atom is -0.439 e. The Kier molecular flexibility index (Phi) is 2.26. The van der Waals surface area contributed by atoms with Crippen molar-refractivity contribution >= 4 is 27.8 Å². The maximum Gasteiger partial charge on any atom is 0.215 e. The molecule has 2 N–H and O–H groups in total. The Morgan fingerprint density at radius 3 is 2.95 bits per heavy atom. The van der Waals surface area contributed by atoms with Gasteiger partial charge in [-0.15, -0.1) is 0 Å². The second kappa shape index (κ2) is 4.09. The van der Waals surface area contributed by atoms with Gasteiger partial charge in [-0.3, -0.25) is 0 Å². The molecule has 0 unspecified atom stereocenters. The maximum atomic E-state index is 5.74. The fourth-order valence-corrected chi connectivity index (χ4v) is 2.34. The van der Waals surface area contributed by atoms with Crippen LogP contribution in [0.15, 0.2) is 53.2 Å². The van der Waals surface area contributed by atoms with E-state index in [4.69, 9.17) is 10.2 Å². The lowest BCUT2D eigenvalue weighted by molar-refractivity contribution is 0.512. The highest BCUT2D eigenvalue weighted by Gasteiger charge is 2.08. The van der Waals surface area contributed by atoms with Crippen LogP contribution in [0.3, 0.4) is 0 Å². The third-order valence-electron chi connectivity index (χ3n) is 3.29. The highest BCUT2D eigenvalue weighted by Crippen LogP contribution is 2.20. The molecular formula is C15H12N4O. The molecule has 0 bridgehead atoms. The molecule has 0 saturated heterocycles. The van der Waals surface area contributed by atoms with Gasteiger partial charge in [0.15, 0.2) is 5.58 Å². The highest BCUT2D eigenvalue weighted by molar-refractivity contribution is 5.77. The van der Waals surface area contributed by atoms with E-state index >= 15 is 0 Å². The summed E-state index contributed by atoms with van der Waals surface area (Å²) in [5.41, 5.74) is 9.98. The number of para-hydroxylation sites is 2. The minimum atomic E-state index is 0.551. The van der Waals surface area contributed by atoms with E-state index in [2.05, 4.69) is 9.97 Å². The number of anilines is 1. The van der Waals surface area contributed by atoms with Crippen molar-refractivity contribution < 1.29 is 4.42 Å². The normalized spacial score (nSPS) is 11.4. The van der Waals surface area contributed by atoms with E-state index in [1.807, 2.05) is 41.0 Å². The average Bonchev–Trinajstić information content (AvgIpc) is 3.03. The van der Waals surface area contributed by atoms with Gasteiger partial charge in [0.1, 0.15) is 12.1 Å². The summed E-state index contributed by atoms with van der Waals surface area (Å²) in [6, 6.07) is 13.5. The SMILES string of the molecule is Nc1ccc2nc(Cn3cnc4ccccc43)oc2c1. The lowest BCUT2D eigenvalue weighted by Gasteiger charge is -1.99. The number of imidazole rings is 1. The topological polar surface area (TPSA) is 69.9 Å². The molecule has 0 atom stereocenters. The zero-order valence-electron chi connectivity index (χ0n) is 10.7. The van der Waals surface area contributed by atoms with Gasteiger partial charge in [-0.2, -0.15) is 0 Å². The van der Waals surface area contributed by atoms with Crippen LogP contribution in [0.1, 0.15) is 5.89 Å². The predicted molar refractivity (Wildman–Crippen MR) is 77.3 cm³/mol. The molecule has 0 aliphatic heterocycles. The maximum absolute atomic E-state index is 5.74. The Labute approximate surface area is 114 Å². The number of fused-ring (bicyclic) bond motifs is 2. The Morgan fingerprint density at radius 1 is 1.10 bits per heavy atom. The Bertz CT molecular complexity index is 906. The van der Waals surface area contributed by atoms with E-state index < -0.39 is 0 Å². The molecule has 20 heavy (non-hydrogen) atoms. The molecule has 2 heterocycles. The van der Waals surface area contributed by atoms with Crippen molar-refractivity contribution in [2.45, 2.75) is 6.54 Å². The third kappa shape index (κ3) is 1.72. The molecule has 0 saturated carbocycles. The zero-order chi connectivity index (χ0) is 13.5. The van der Waals surface area contributed by atoms with Crippen LogP contribution in [-0.4, -0.2) is 14.5 Å². The second-order valence-electron chi connectivity index (χ2n) is 4.70. The van der Waals surface area contributed by atoms with Crippen LogP contribution < -0.4 is 5.73 Å². The lowest BCUT2D eigenvalue weighted by Crippen LogP contribution is -1.97. The van der Waals surface area contributed by atoms with Gasteiger partial charge >= 0.3 is 0 Å². The molecule has 4 aromatic rings. The number of nitrogens with zero attached hydrogens (tertiary/aromatic N) is 3. The van der Waals surface area contributed by atoms with Crippen LogP contribution >= 0.6 is 0 Å². The fraction of sp³-hybridized carbons (Fsp3) is 0.0667. The number of hydrogen-bond donors (Lipinski definition) is 1. The number of nitrogen functional groups attached to an aromatic ring is 1. The molecule has 4 rings (SSSR count). The highest BCUT2D eigenvalue weighted by atomic mass is 16.3. The van der Waals surface area contributed by atoms with Gasteiger partial charge in [0, 0.05) is 11.8 Å². The van der Waals surface area contributed by atoms with Gasteiger partial charge in [-0.25, -0.2) is 9.97 Å². The van der Waals surface area contributed by atoms with Crippen LogP contribution in [0.2, 0.25) is 0 Å². The van der Waals surface area contributed by atoms with Crippen LogP contribution in [0, 0.1) is 0 Å². The monoisotopic (exact) mass is 264 g/mol. The van der Waals surface area contributed by atoms with Crippen molar-refractivity contribution in [1.29, 1.82) is 0 Å². The first-order valence-electron chi connectivity index (χ1n) is 6.34. The number of hydrogen-bond acceptors (Lipinski definition) is 4. The third-order valence-corrected chi connectivity index (χ3v) is 3.29. The number of benzene rings is 2. The average molecular weight is 264 g/mol. The van der Waals surface area contributed by atoms with E-state index in [1.54, 1.807) is 12.4 Å². The predicted octanol–water partition coefficient (Wildman–Crippen LogP) is 2.81. The first-order chi connectivity index (χ1) is 9.79. The molecule has 98 valence electrons.